The highest BCUT2D eigenvalue weighted by atomic mass is 35.5. The van der Waals surface area contributed by atoms with Crippen LogP contribution in [-0.2, 0) is 6.18 Å². The minimum atomic E-state index is -4.59. The Kier molecular flexibility index (Phi) is 5.57. The molecule has 2 rings (SSSR count). The molecule has 23 heavy (non-hydrogen) atoms. The van der Waals surface area contributed by atoms with Crippen LogP contribution in [0.5, 0.6) is 0 Å². The van der Waals surface area contributed by atoms with Crippen molar-refractivity contribution >= 4 is 23.3 Å². The summed E-state index contributed by atoms with van der Waals surface area (Å²) < 4.78 is 38.9. The van der Waals surface area contributed by atoms with E-state index in [0.29, 0.717) is 5.92 Å². The molecule has 1 aliphatic carbocycles. The van der Waals surface area contributed by atoms with Crippen molar-refractivity contribution in [3.63, 3.8) is 0 Å². The lowest BCUT2D eigenvalue weighted by molar-refractivity contribution is -0.136. The molecule has 0 atom stereocenters. The number of benzene rings is 1. The van der Waals surface area contributed by atoms with Crippen LogP contribution in [0.15, 0.2) is 30.0 Å². The molecule has 2 N–H and O–H groups in total. The number of carbonyl (C=O) groups is 1. The Morgan fingerprint density at radius 2 is 1.96 bits per heavy atom. The molecular weight excluding hydrogens is 329 g/mol. The first-order valence-corrected chi connectivity index (χ1v) is 7.76. The number of urea groups is 1. The van der Waals surface area contributed by atoms with Crippen LogP contribution in [-0.4, -0.2) is 6.03 Å². The molecule has 0 spiro atoms. The van der Waals surface area contributed by atoms with Gasteiger partial charge in [-0.25, -0.2) is 4.79 Å². The van der Waals surface area contributed by atoms with Crippen LogP contribution < -0.4 is 10.6 Å². The Hall–Kier alpha value is -1.69. The van der Waals surface area contributed by atoms with Crippen molar-refractivity contribution in [3.05, 3.63) is 40.6 Å². The zero-order valence-corrected chi connectivity index (χ0v) is 13.4. The van der Waals surface area contributed by atoms with Gasteiger partial charge in [-0.15, -0.1) is 0 Å². The Morgan fingerprint density at radius 3 is 2.57 bits per heavy atom. The maximum Gasteiger partial charge on any atom is 0.418 e. The number of nitrogens with one attached hydrogen (secondary N) is 2. The van der Waals surface area contributed by atoms with Crippen LogP contribution in [0.3, 0.4) is 0 Å². The van der Waals surface area contributed by atoms with Gasteiger partial charge in [-0.1, -0.05) is 30.0 Å². The third-order valence-corrected chi connectivity index (χ3v) is 4.20. The van der Waals surface area contributed by atoms with E-state index in [4.69, 9.17) is 11.6 Å². The fraction of sp³-hybridized carbons (Fsp3) is 0.438. The molecule has 1 aromatic carbocycles. The predicted octanol–water partition coefficient (Wildman–Crippen LogP) is 5.57. The lowest BCUT2D eigenvalue weighted by Gasteiger charge is -2.14. The van der Waals surface area contributed by atoms with Crippen molar-refractivity contribution in [3.8, 4) is 0 Å². The normalized spacial score (nSPS) is 16.5. The molecule has 0 saturated heterocycles. The average molecular weight is 347 g/mol. The van der Waals surface area contributed by atoms with Gasteiger partial charge in [-0.2, -0.15) is 13.2 Å². The maximum absolute atomic E-state index is 13.0. The van der Waals surface area contributed by atoms with E-state index in [9.17, 15) is 18.0 Å². The van der Waals surface area contributed by atoms with E-state index in [0.717, 1.165) is 30.5 Å². The van der Waals surface area contributed by atoms with Gasteiger partial charge in [0.1, 0.15) is 0 Å². The number of hydrogen-bond donors (Lipinski definition) is 2. The molecule has 3 nitrogen and oxygen atoms in total. The van der Waals surface area contributed by atoms with Crippen molar-refractivity contribution in [1.82, 2.24) is 5.32 Å². The summed E-state index contributed by atoms with van der Waals surface area (Å²) in [4.78, 5) is 11.8. The molecule has 0 heterocycles. The molecule has 0 aromatic heterocycles. The summed E-state index contributed by atoms with van der Waals surface area (Å²) in [6.07, 6.45) is 1.48. The summed E-state index contributed by atoms with van der Waals surface area (Å²) in [5, 5.41) is 4.66. The van der Waals surface area contributed by atoms with Crippen molar-refractivity contribution in [2.24, 2.45) is 5.92 Å². The highest BCUT2D eigenvalue weighted by Crippen LogP contribution is 2.36. The number of allylic oxidation sites excluding steroid dienone is 1. The molecule has 0 radical (unpaired) electrons. The Morgan fingerprint density at radius 1 is 1.30 bits per heavy atom. The van der Waals surface area contributed by atoms with Gasteiger partial charge < -0.3 is 10.6 Å². The number of carbonyl (C=O) groups excluding carboxylic acids is 1. The second kappa shape index (κ2) is 7.25. The van der Waals surface area contributed by atoms with Crippen LogP contribution in [0, 0.1) is 5.92 Å². The van der Waals surface area contributed by atoms with E-state index in [1.165, 1.54) is 18.9 Å². The first kappa shape index (κ1) is 17.7. The van der Waals surface area contributed by atoms with E-state index >= 15 is 0 Å². The number of amides is 2. The topological polar surface area (TPSA) is 41.1 Å². The third-order valence-electron chi connectivity index (χ3n) is 3.97. The number of halogens is 4. The van der Waals surface area contributed by atoms with Gasteiger partial charge in [0.05, 0.1) is 11.3 Å². The smallest absolute Gasteiger partial charge is 0.314 e. The van der Waals surface area contributed by atoms with Gasteiger partial charge in [-0.3, -0.25) is 0 Å². The van der Waals surface area contributed by atoms with Gasteiger partial charge in [0.25, 0.3) is 0 Å². The van der Waals surface area contributed by atoms with Crippen LogP contribution in [0.4, 0.5) is 23.7 Å². The maximum atomic E-state index is 13.0. The largest absolute Gasteiger partial charge is 0.418 e. The highest BCUT2D eigenvalue weighted by Gasteiger charge is 2.34. The number of alkyl halides is 3. The quantitative estimate of drug-likeness (QED) is 0.737. The second-order valence-electron chi connectivity index (χ2n) is 5.66. The molecule has 2 amide bonds. The van der Waals surface area contributed by atoms with Gasteiger partial charge >= 0.3 is 12.2 Å². The standard InChI is InChI=1S/C16H18ClF3N2O/c1-10(11-4-2-3-5-11)9-21-15(23)22-14-7-6-12(17)8-13(14)16(18,19)20/h6-9,11H,2-5H2,1H3,(H2,21,22,23)/b10-9+. The van der Waals surface area contributed by atoms with E-state index in [-0.39, 0.29) is 10.7 Å². The van der Waals surface area contributed by atoms with Gasteiger partial charge in [-0.05, 0) is 43.9 Å². The van der Waals surface area contributed by atoms with E-state index < -0.39 is 17.8 Å². The molecular formula is C16H18ClF3N2O. The lowest BCUT2D eigenvalue weighted by atomic mass is 10.0. The number of hydrogen-bond acceptors (Lipinski definition) is 1. The monoisotopic (exact) mass is 346 g/mol. The van der Waals surface area contributed by atoms with Crippen LogP contribution >= 0.6 is 11.6 Å². The molecule has 0 unspecified atom stereocenters. The molecule has 7 heteroatoms. The van der Waals surface area contributed by atoms with E-state index in [2.05, 4.69) is 10.6 Å². The predicted molar refractivity (Wildman–Crippen MR) is 84.3 cm³/mol. The average Bonchev–Trinajstić information content (AvgIpc) is 3.00. The Bertz CT molecular complexity index is 608. The van der Waals surface area contributed by atoms with Gasteiger partial charge in [0, 0.05) is 11.2 Å². The van der Waals surface area contributed by atoms with Crippen LogP contribution in [0.1, 0.15) is 38.2 Å². The molecule has 1 aromatic rings. The van der Waals surface area contributed by atoms with Crippen molar-refractivity contribution in [2.75, 3.05) is 5.32 Å². The Balaban J connectivity index is 2.04. The van der Waals surface area contributed by atoms with Crippen LogP contribution in [0.25, 0.3) is 0 Å². The van der Waals surface area contributed by atoms with E-state index in [1.807, 2.05) is 6.92 Å². The van der Waals surface area contributed by atoms with Crippen molar-refractivity contribution in [2.45, 2.75) is 38.8 Å². The van der Waals surface area contributed by atoms with Crippen molar-refractivity contribution < 1.29 is 18.0 Å². The fourth-order valence-electron chi connectivity index (χ4n) is 2.70. The minimum Gasteiger partial charge on any atom is -0.314 e. The van der Waals surface area contributed by atoms with E-state index in [1.54, 1.807) is 6.20 Å². The lowest BCUT2D eigenvalue weighted by Crippen LogP contribution is -2.26. The minimum absolute atomic E-state index is 0.0414. The molecule has 126 valence electrons. The third kappa shape index (κ3) is 4.89. The number of anilines is 1. The second-order valence-corrected chi connectivity index (χ2v) is 6.09. The summed E-state index contributed by atoms with van der Waals surface area (Å²) in [6.45, 7) is 1.92. The fourth-order valence-corrected chi connectivity index (χ4v) is 2.87. The zero-order chi connectivity index (χ0) is 17.0. The number of rotatable bonds is 3. The Labute approximate surface area is 137 Å². The molecule has 0 bridgehead atoms. The van der Waals surface area contributed by atoms with Crippen molar-refractivity contribution in [1.29, 1.82) is 0 Å². The zero-order valence-electron chi connectivity index (χ0n) is 12.6. The van der Waals surface area contributed by atoms with Crippen LogP contribution in [0.2, 0.25) is 5.02 Å². The molecule has 1 aliphatic rings. The summed E-state index contributed by atoms with van der Waals surface area (Å²) in [5.41, 5.74) is -0.271. The van der Waals surface area contributed by atoms with Gasteiger partial charge in [0.15, 0.2) is 0 Å². The SMILES string of the molecule is C/C(=C\NC(=O)Nc1ccc(Cl)cc1C(F)(F)F)C1CCCC1. The highest BCUT2D eigenvalue weighted by molar-refractivity contribution is 6.30. The first-order chi connectivity index (χ1) is 10.8. The summed E-state index contributed by atoms with van der Waals surface area (Å²) in [7, 11) is 0. The molecule has 1 fully saturated rings. The summed E-state index contributed by atoms with van der Waals surface area (Å²) >= 11 is 5.60. The molecule has 0 aliphatic heterocycles. The summed E-state index contributed by atoms with van der Waals surface area (Å²) in [5.74, 6) is 0.441. The molecule has 1 saturated carbocycles. The van der Waals surface area contributed by atoms with Gasteiger partial charge in [0.2, 0.25) is 0 Å². The first-order valence-electron chi connectivity index (χ1n) is 7.38. The summed E-state index contributed by atoms with van der Waals surface area (Å²) in [6, 6.07) is 2.51.